The topological polar surface area (TPSA) is 66.4 Å². The number of unbranched alkanes of at least 4 members (excludes halogenated alkanes) is 9. The van der Waals surface area contributed by atoms with Crippen LogP contribution in [0.25, 0.3) is 0 Å². The third kappa shape index (κ3) is 29.8. The molecule has 148 valence electrons. The summed E-state index contributed by atoms with van der Waals surface area (Å²) in [4.78, 5) is 0. The van der Waals surface area contributed by atoms with Crippen LogP contribution in [0.4, 0.5) is 0 Å². The van der Waals surface area contributed by atoms with Gasteiger partial charge in [-0.05, 0) is 26.7 Å². The first-order chi connectivity index (χ1) is 11.0. The second-order valence-electron chi connectivity index (χ2n) is 7.75. The van der Waals surface area contributed by atoms with Gasteiger partial charge in [-0.25, -0.2) is 8.42 Å². The van der Waals surface area contributed by atoms with Crippen molar-refractivity contribution < 1.29 is 21.6 Å². The van der Waals surface area contributed by atoms with E-state index in [9.17, 15) is 13.0 Å². The molecule has 0 heterocycles. The number of hydrogen-bond acceptors (Lipinski definition) is 4. The first-order valence-electron chi connectivity index (χ1n) is 9.42. The lowest BCUT2D eigenvalue weighted by atomic mass is 10.1. The highest BCUT2D eigenvalue weighted by molar-refractivity contribution is 7.80. The van der Waals surface area contributed by atoms with Crippen molar-refractivity contribution in [2.75, 3.05) is 27.7 Å². The fourth-order valence-corrected chi connectivity index (χ4v) is 2.78. The lowest BCUT2D eigenvalue weighted by molar-refractivity contribution is -0.870. The third-order valence-electron chi connectivity index (χ3n) is 3.49. The van der Waals surface area contributed by atoms with Crippen molar-refractivity contribution in [1.29, 1.82) is 0 Å². The minimum Gasteiger partial charge on any atom is -0.726 e. The monoisotopic (exact) mass is 367 g/mol. The van der Waals surface area contributed by atoms with Crippen LogP contribution < -0.4 is 0 Å². The van der Waals surface area contributed by atoms with E-state index < -0.39 is 16.5 Å². The zero-order chi connectivity index (χ0) is 19.1. The molecule has 0 saturated carbocycles. The van der Waals surface area contributed by atoms with Gasteiger partial charge in [-0.2, -0.15) is 0 Å². The van der Waals surface area contributed by atoms with Crippen LogP contribution in [0.15, 0.2) is 0 Å². The molecule has 0 spiro atoms. The molecule has 0 atom stereocenters. The number of rotatable bonds is 13. The Kier molecular flexibility index (Phi) is 16.4. The molecule has 5 nitrogen and oxygen atoms in total. The minimum absolute atomic E-state index is 0.558. The molecular weight excluding hydrogens is 326 g/mol. The van der Waals surface area contributed by atoms with E-state index in [1.807, 2.05) is 0 Å². The van der Waals surface area contributed by atoms with Gasteiger partial charge in [0.1, 0.15) is 0 Å². The molecule has 0 saturated heterocycles. The summed E-state index contributed by atoms with van der Waals surface area (Å²) < 4.78 is 34.0. The van der Waals surface area contributed by atoms with Crippen molar-refractivity contribution in [3.8, 4) is 0 Å². The molecule has 0 N–H and O–H groups in total. The van der Waals surface area contributed by atoms with Crippen LogP contribution in [0.1, 0.15) is 85.0 Å². The SMILES string of the molecule is CC(C)OS(=O)(=O)[O-].CCCCCCCCCCCC[N+](C)(C)C. The highest BCUT2D eigenvalue weighted by atomic mass is 32.3. The summed E-state index contributed by atoms with van der Waals surface area (Å²) in [5, 5.41) is 0. The van der Waals surface area contributed by atoms with Gasteiger partial charge in [-0.3, -0.25) is 4.18 Å². The standard InChI is InChI=1S/C15H34N.C3H8O4S/c1-5-6-7-8-9-10-11-12-13-14-15-16(2,3)4;1-3(2)7-8(4,5)6/h5-15H2,1-4H3;3H,1-2H3,(H,4,5,6)/q+1;/p-1. The molecule has 0 radical (unpaired) electrons. The Morgan fingerprint density at radius 1 is 0.833 bits per heavy atom. The van der Waals surface area contributed by atoms with Gasteiger partial charge < -0.3 is 9.04 Å². The van der Waals surface area contributed by atoms with Gasteiger partial charge >= 0.3 is 0 Å². The first-order valence-corrected chi connectivity index (χ1v) is 10.8. The summed E-state index contributed by atoms with van der Waals surface area (Å²) >= 11 is 0. The number of quaternary nitrogens is 1. The zero-order valence-corrected chi connectivity index (χ0v) is 17.7. The van der Waals surface area contributed by atoms with Crippen molar-refractivity contribution in [1.82, 2.24) is 0 Å². The predicted molar refractivity (Wildman–Crippen MR) is 101 cm³/mol. The Labute approximate surface area is 151 Å². The van der Waals surface area contributed by atoms with Gasteiger partial charge in [-0.1, -0.05) is 58.3 Å². The first kappa shape index (κ1) is 26.1. The largest absolute Gasteiger partial charge is 0.726 e. The molecule has 0 aromatic heterocycles. The fourth-order valence-electron chi connectivity index (χ4n) is 2.31. The zero-order valence-electron chi connectivity index (χ0n) is 16.8. The van der Waals surface area contributed by atoms with Gasteiger partial charge in [-0.15, -0.1) is 0 Å². The van der Waals surface area contributed by atoms with Gasteiger partial charge in [0.15, 0.2) is 0 Å². The van der Waals surface area contributed by atoms with Crippen molar-refractivity contribution >= 4 is 10.4 Å². The van der Waals surface area contributed by atoms with Crippen LogP contribution in [0.2, 0.25) is 0 Å². The molecule has 0 aromatic rings. The van der Waals surface area contributed by atoms with E-state index in [4.69, 9.17) is 0 Å². The van der Waals surface area contributed by atoms with Gasteiger partial charge in [0, 0.05) is 0 Å². The average Bonchev–Trinajstić information content (AvgIpc) is 2.37. The summed E-state index contributed by atoms with van der Waals surface area (Å²) in [7, 11) is 2.38. The Balaban J connectivity index is 0. The normalized spacial score (nSPS) is 12.2. The third-order valence-corrected chi connectivity index (χ3v) is 4.11. The van der Waals surface area contributed by atoms with E-state index >= 15 is 0 Å². The van der Waals surface area contributed by atoms with Crippen LogP contribution in [0.5, 0.6) is 0 Å². The summed E-state index contributed by atoms with van der Waals surface area (Å²) in [6.45, 7) is 6.55. The molecule has 0 aromatic carbocycles. The Bertz CT molecular complexity index is 362. The molecule has 0 fully saturated rings. The van der Waals surface area contributed by atoms with E-state index in [-0.39, 0.29) is 0 Å². The summed E-state index contributed by atoms with van der Waals surface area (Å²) in [5.74, 6) is 0. The van der Waals surface area contributed by atoms with Gasteiger partial charge in [0.05, 0.1) is 33.8 Å². The van der Waals surface area contributed by atoms with Crippen LogP contribution in [0, 0.1) is 0 Å². The average molecular weight is 368 g/mol. The van der Waals surface area contributed by atoms with E-state index in [1.54, 1.807) is 0 Å². The lowest BCUT2D eigenvalue weighted by Crippen LogP contribution is -2.35. The number of nitrogens with zero attached hydrogens (tertiary/aromatic N) is 1. The molecule has 0 unspecified atom stereocenters. The van der Waals surface area contributed by atoms with E-state index in [2.05, 4.69) is 32.2 Å². The maximum Gasteiger partial charge on any atom is 0.217 e. The van der Waals surface area contributed by atoms with E-state index in [1.165, 1.54) is 84.6 Å². The molecular formula is C18H41NO4S. The van der Waals surface area contributed by atoms with Crippen molar-refractivity contribution in [2.24, 2.45) is 0 Å². The van der Waals surface area contributed by atoms with E-state index in [0.29, 0.717) is 0 Å². The molecule has 0 aliphatic heterocycles. The van der Waals surface area contributed by atoms with Crippen molar-refractivity contribution in [3.05, 3.63) is 0 Å². The highest BCUT2D eigenvalue weighted by Crippen LogP contribution is 2.11. The van der Waals surface area contributed by atoms with Crippen LogP contribution in [-0.2, 0) is 14.6 Å². The molecule has 6 heteroatoms. The molecule has 0 aliphatic carbocycles. The Morgan fingerprint density at radius 3 is 1.46 bits per heavy atom. The second-order valence-corrected chi connectivity index (χ2v) is 8.76. The summed E-state index contributed by atoms with van der Waals surface area (Å²) in [6.07, 6.45) is 13.8. The number of hydrogen-bond donors (Lipinski definition) is 0. The maximum absolute atomic E-state index is 9.66. The maximum atomic E-state index is 9.66. The van der Waals surface area contributed by atoms with Gasteiger partial charge in [0.25, 0.3) is 0 Å². The lowest BCUT2D eigenvalue weighted by Gasteiger charge is -2.23. The summed E-state index contributed by atoms with van der Waals surface area (Å²) in [6, 6.07) is 0. The smallest absolute Gasteiger partial charge is 0.217 e. The molecule has 0 aliphatic rings. The second kappa shape index (κ2) is 15.1. The van der Waals surface area contributed by atoms with Crippen molar-refractivity contribution in [2.45, 2.75) is 91.1 Å². The fraction of sp³-hybridized carbons (Fsp3) is 1.00. The van der Waals surface area contributed by atoms with Gasteiger partial charge in [0.2, 0.25) is 10.4 Å². The van der Waals surface area contributed by atoms with Crippen molar-refractivity contribution in [3.63, 3.8) is 0 Å². The Morgan fingerprint density at radius 2 is 1.21 bits per heavy atom. The molecule has 24 heavy (non-hydrogen) atoms. The summed E-state index contributed by atoms with van der Waals surface area (Å²) in [5.41, 5.74) is 0. The molecule has 0 bridgehead atoms. The van der Waals surface area contributed by atoms with E-state index in [0.717, 1.165) is 4.48 Å². The highest BCUT2D eigenvalue weighted by Gasteiger charge is 2.04. The van der Waals surface area contributed by atoms with Crippen LogP contribution in [0.3, 0.4) is 0 Å². The van der Waals surface area contributed by atoms with Crippen LogP contribution in [-0.4, -0.2) is 51.2 Å². The Hall–Kier alpha value is -0.170. The quantitative estimate of drug-likeness (QED) is 0.208. The van der Waals surface area contributed by atoms with Crippen LogP contribution >= 0.6 is 0 Å². The predicted octanol–water partition coefficient (Wildman–Crippen LogP) is 4.49. The minimum atomic E-state index is -4.47. The molecule has 0 amide bonds. The molecule has 0 rings (SSSR count).